The number of fused-ring (bicyclic) bond motifs is 4. The molecule has 3 saturated heterocycles. The van der Waals surface area contributed by atoms with E-state index in [1.54, 1.807) is 11.3 Å². The van der Waals surface area contributed by atoms with E-state index < -0.39 is 0 Å². The number of rotatable bonds is 3. The van der Waals surface area contributed by atoms with Gasteiger partial charge < -0.3 is 4.74 Å². The summed E-state index contributed by atoms with van der Waals surface area (Å²) in [6.45, 7) is 4.74. The minimum atomic E-state index is 0.280. The summed E-state index contributed by atoms with van der Waals surface area (Å²) in [5.74, 6) is 1.44. The van der Waals surface area contributed by atoms with Crippen molar-refractivity contribution < 1.29 is 4.74 Å². The van der Waals surface area contributed by atoms with Gasteiger partial charge in [-0.2, -0.15) is 0 Å². The molecule has 3 nitrogen and oxygen atoms in total. The first-order valence-electron chi connectivity index (χ1n) is 9.13. The van der Waals surface area contributed by atoms with Gasteiger partial charge in [-0.1, -0.05) is 18.2 Å². The first-order valence-corrected chi connectivity index (χ1v) is 10.0. The van der Waals surface area contributed by atoms with Gasteiger partial charge >= 0.3 is 0 Å². The number of aromatic nitrogens is 1. The molecule has 1 aromatic carbocycles. The standard InChI is InChI=1S/C21H22N2OS/c1-14-21(15-8-10-23(14)11-9-15)24-20-7-6-16(12-22-20)18-13-25-19-5-3-2-4-17(18)19/h2-7,12-15,21H,8-11H2,1H3. The zero-order chi connectivity index (χ0) is 16.8. The Labute approximate surface area is 152 Å². The van der Waals surface area contributed by atoms with E-state index in [9.17, 15) is 0 Å². The molecule has 0 spiro atoms. The summed E-state index contributed by atoms with van der Waals surface area (Å²) in [4.78, 5) is 7.17. The lowest BCUT2D eigenvalue weighted by Gasteiger charge is -2.49. The van der Waals surface area contributed by atoms with Crippen LogP contribution in [0.15, 0.2) is 48.0 Å². The molecule has 6 rings (SSSR count). The van der Waals surface area contributed by atoms with E-state index >= 15 is 0 Å². The molecule has 0 aliphatic carbocycles. The van der Waals surface area contributed by atoms with E-state index in [1.807, 2.05) is 12.3 Å². The predicted molar refractivity (Wildman–Crippen MR) is 103 cm³/mol. The molecule has 3 fully saturated rings. The minimum absolute atomic E-state index is 0.280. The Hall–Kier alpha value is -1.91. The summed E-state index contributed by atoms with van der Waals surface area (Å²) in [7, 11) is 0. The molecular formula is C21H22N2OS. The second-order valence-electron chi connectivity index (χ2n) is 7.23. The highest BCUT2D eigenvalue weighted by Gasteiger charge is 2.41. The van der Waals surface area contributed by atoms with Crippen LogP contribution < -0.4 is 4.74 Å². The molecule has 4 heteroatoms. The first kappa shape index (κ1) is 15.4. The molecule has 3 aliphatic rings. The van der Waals surface area contributed by atoms with E-state index in [0.29, 0.717) is 12.0 Å². The van der Waals surface area contributed by atoms with Crippen molar-refractivity contribution in [2.45, 2.75) is 31.9 Å². The Morgan fingerprint density at radius 2 is 1.96 bits per heavy atom. The number of thiophene rings is 1. The van der Waals surface area contributed by atoms with Gasteiger partial charge in [0.15, 0.2) is 0 Å². The quantitative estimate of drug-likeness (QED) is 0.677. The third kappa shape index (κ3) is 2.64. The van der Waals surface area contributed by atoms with Crippen LogP contribution in [0, 0.1) is 5.92 Å². The topological polar surface area (TPSA) is 25.4 Å². The van der Waals surface area contributed by atoms with Crippen molar-refractivity contribution in [1.29, 1.82) is 0 Å². The molecule has 0 N–H and O–H groups in total. The summed E-state index contributed by atoms with van der Waals surface area (Å²) in [6, 6.07) is 13.2. The van der Waals surface area contributed by atoms with Crippen molar-refractivity contribution >= 4 is 21.4 Å². The van der Waals surface area contributed by atoms with Gasteiger partial charge in [0.1, 0.15) is 6.10 Å². The molecule has 0 amide bonds. The molecule has 0 radical (unpaired) electrons. The van der Waals surface area contributed by atoms with E-state index in [2.05, 4.69) is 52.5 Å². The fraction of sp³-hybridized carbons (Fsp3) is 0.381. The van der Waals surface area contributed by atoms with Crippen molar-refractivity contribution in [2.24, 2.45) is 5.92 Å². The molecule has 128 valence electrons. The highest BCUT2D eigenvalue weighted by Crippen LogP contribution is 2.36. The molecule has 2 aromatic heterocycles. The summed E-state index contributed by atoms with van der Waals surface area (Å²) in [5.41, 5.74) is 2.42. The van der Waals surface area contributed by atoms with E-state index in [4.69, 9.17) is 4.74 Å². The van der Waals surface area contributed by atoms with Crippen molar-refractivity contribution in [3.05, 3.63) is 48.0 Å². The molecule has 5 heterocycles. The molecule has 2 atom stereocenters. The second kappa shape index (κ2) is 6.11. The lowest BCUT2D eigenvalue weighted by molar-refractivity contribution is -0.0525. The van der Waals surface area contributed by atoms with Gasteiger partial charge in [0.2, 0.25) is 5.88 Å². The molecular weight excluding hydrogens is 328 g/mol. The minimum Gasteiger partial charge on any atom is -0.472 e. The average Bonchev–Trinajstić information content (AvgIpc) is 3.10. The normalized spacial score (nSPS) is 28.4. The summed E-state index contributed by atoms with van der Waals surface area (Å²) < 4.78 is 7.63. The molecule has 3 aliphatic heterocycles. The Morgan fingerprint density at radius 3 is 2.72 bits per heavy atom. The highest BCUT2D eigenvalue weighted by molar-refractivity contribution is 7.17. The highest BCUT2D eigenvalue weighted by atomic mass is 32.1. The van der Waals surface area contributed by atoms with Crippen LogP contribution in [0.2, 0.25) is 0 Å². The number of benzene rings is 1. The van der Waals surface area contributed by atoms with Gasteiger partial charge in [-0.25, -0.2) is 4.98 Å². The zero-order valence-corrected chi connectivity index (χ0v) is 15.2. The lowest BCUT2D eigenvalue weighted by atomic mass is 9.81. The number of hydrogen-bond acceptors (Lipinski definition) is 4. The Bertz CT molecular complexity index is 878. The SMILES string of the molecule is CC1C(Oc2ccc(-c3csc4ccccc34)cn2)C2CCN1CC2. The fourth-order valence-corrected chi connectivity index (χ4v) is 5.37. The van der Waals surface area contributed by atoms with Crippen LogP contribution in [0.1, 0.15) is 19.8 Å². The maximum Gasteiger partial charge on any atom is 0.213 e. The van der Waals surface area contributed by atoms with Gasteiger partial charge in [-0.3, -0.25) is 4.90 Å². The fourth-order valence-electron chi connectivity index (χ4n) is 4.40. The van der Waals surface area contributed by atoms with Gasteiger partial charge in [-0.05, 0) is 56.3 Å². The van der Waals surface area contributed by atoms with Crippen LogP contribution in [-0.4, -0.2) is 35.1 Å². The van der Waals surface area contributed by atoms with Crippen LogP contribution in [0.25, 0.3) is 21.2 Å². The Kier molecular flexibility index (Phi) is 3.75. The number of nitrogens with zero attached hydrogens (tertiary/aromatic N) is 2. The summed E-state index contributed by atoms with van der Waals surface area (Å²) in [6.07, 6.45) is 4.75. The molecule has 2 bridgehead atoms. The maximum absolute atomic E-state index is 6.31. The molecule has 0 saturated carbocycles. The van der Waals surface area contributed by atoms with Crippen LogP contribution in [0.4, 0.5) is 0 Å². The van der Waals surface area contributed by atoms with Gasteiger partial charge in [0, 0.05) is 39.5 Å². The Morgan fingerprint density at radius 1 is 1.12 bits per heavy atom. The first-order chi connectivity index (χ1) is 12.3. The van der Waals surface area contributed by atoms with Gasteiger partial charge in [0.25, 0.3) is 0 Å². The second-order valence-corrected chi connectivity index (χ2v) is 8.14. The van der Waals surface area contributed by atoms with Crippen LogP contribution in [0.3, 0.4) is 0 Å². The third-order valence-electron chi connectivity index (χ3n) is 5.88. The van der Waals surface area contributed by atoms with Gasteiger partial charge in [0.05, 0.1) is 0 Å². The van der Waals surface area contributed by atoms with Crippen molar-refractivity contribution in [1.82, 2.24) is 9.88 Å². The van der Waals surface area contributed by atoms with Crippen LogP contribution >= 0.6 is 11.3 Å². The smallest absolute Gasteiger partial charge is 0.213 e. The zero-order valence-electron chi connectivity index (χ0n) is 14.4. The summed E-state index contributed by atoms with van der Waals surface area (Å²) in [5, 5.41) is 3.52. The molecule has 3 aromatic rings. The van der Waals surface area contributed by atoms with E-state index in [1.165, 1.54) is 41.6 Å². The van der Waals surface area contributed by atoms with Crippen LogP contribution in [0.5, 0.6) is 5.88 Å². The average molecular weight is 350 g/mol. The van der Waals surface area contributed by atoms with Crippen molar-refractivity contribution in [3.8, 4) is 17.0 Å². The van der Waals surface area contributed by atoms with Crippen LogP contribution in [-0.2, 0) is 0 Å². The number of hydrogen-bond donors (Lipinski definition) is 0. The predicted octanol–water partition coefficient (Wildman–Crippen LogP) is 4.82. The maximum atomic E-state index is 6.31. The number of pyridine rings is 1. The number of piperidine rings is 3. The monoisotopic (exact) mass is 350 g/mol. The summed E-state index contributed by atoms with van der Waals surface area (Å²) >= 11 is 1.79. The van der Waals surface area contributed by atoms with Crippen molar-refractivity contribution in [3.63, 3.8) is 0 Å². The molecule has 25 heavy (non-hydrogen) atoms. The Balaban J connectivity index is 1.39. The number of ether oxygens (including phenoxy) is 1. The lowest BCUT2D eigenvalue weighted by Crippen LogP contribution is -2.58. The molecule has 2 unspecified atom stereocenters. The third-order valence-corrected chi connectivity index (χ3v) is 6.84. The van der Waals surface area contributed by atoms with E-state index in [0.717, 1.165) is 11.4 Å². The van der Waals surface area contributed by atoms with Crippen molar-refractivity contribution in [2.75, 3.05) is 13.1 Å². The van der Waals surface area contributed by atoms with Gasteiger partial charge in [-0.15, -0.1) is 11.3 Å². The van der Waals surface area contributed by atoms with E-state index in [-0.39, 0.29) is 6.10 Å². The largest absolute Gasteiger partial charge is 0.472 e.